The van der Waals surface area contributed by atoms with E-state index in [4.69, 9.17) is 9.47 Å². The largest absolute Gasteiger partial charge is 0.496 e. The Kier molecular flexibility index (Phi) is 4.82. The van der Waals surface area contributed by atoms with Crippen molar-refractivity contribution in [3.8, 4) is 5.75 Å². The molecule has 0 spiro atoms. The lowest BCUT2D eigenvalue weighted by Crippen LogP contribution is -2.40. The first-order valence-corrected chi connectivity index (χ1v) is 8.11. The number of aryl methyl sites for hydroxylation is 1. The number of pyridine rings is 1. The monoisotopic (exact) mass is 312 g/mol. The zero-order chi connectivity index (χ0) is 16.1. The highest BCUT2D eigenvalue weighted by Crippen LogP contribution is 2.40. The van der Waals surface area contributed by atoms with Gasteiger partial charge in [-0.15, -0.1) is 0 Å². The summed E-state index contributed by atoms with van der Waals surface area (Å²) in [6.07, 6.45) is 3.77. The number of nitrogens with zero attached hydrogens (tertiary/aromatic N) is 1. The molecule has 3 rings (SSSR count). The Hall–Kier alpha value is -2.07. The molecule has 1 saturated heterocycles. The second kappa shape index (κ2) is 7.01. The van der Waals surface area contributed by atoms with Crippen molar-refractivity contribution in [2.24, 2.45) is 0 Å². The molecule has 0 aliphatic carbocycles. The Bertz CT molecular complexity index is 637. The van der Waals surface area contributed by atoms with Crippen LogP contribution in [0.4, 0.5) is 5.82 Å². The van der Waals surface area contributed by atoms with Gasteiger partial charge in [-0.2, -0.15) is 0 Å². The number of methoxy groups -OCH3 is 1. The van der Waals surface area contributed by atoms with E-state index in [0.717, 1.165) is 44.2 Å². The van der Waals surface area contributed by atoms with Gasteiger partial charge in [0.05, 0.1) is 7.11 Å². The summed E-state index contributed by atoms with van der Waals surface area (Å²) in [6.45, 7) is 4.51. The predicted octanol–water partition coefficient (Wildman–Crippen LogP) is 3.56. The third-order valence-corrected chi connectivity index (χ3v) is 4.65. The molecular formula is C19H24N2O2. The summed E-state index contributed by atoms with van der Waals surface area (Å²) >= 11 is 0. The van der Waals surface area contributed by atoms with Gasteiger partial charge in [0, 0.05) is 36.9 Å². The van der Waals surface area contributed by atoms with Crippen LogP contribution in [0.1, 0.15) is 24.0 Å². The summed E-state index contributed by atoms with van der Waals surface area (Å²) < 4.78 is 11.3. The van der Waals surface area contributed by atoms with Crippen molar-refractivity contribution < 1.29 is 9.47 Å². The van der Waals surface area contributed by atoms with E-state index in [1.807, 2.05) is 24.4 Å². The lowest BCUT2D eigenvalue weighted by molar-refractivity contribution is 0.0535. The minimum atomic E-state index is 0.00708. The third kappa shape index (κ3) is 3.48. The van der Waals surface area contributed by atoms with Crippen LogP contribution in [0.25, 0.3) is 0 Å². The maximum Gasteiger partial charge on any atom is 0.125 e. The molecule has 4 nitrogen and oxygen atoms in total. The molecule has 0 radical (unpaired) electrons. The van der Waals surface area contributed by atoms with Crippen LogP contribution < -0.4 is 10.1 Å². The second-order valence-electron chi connectivity index (χ2n) is 6.16. The smallest absolute Gasteiger partial charge is 0.125 e. The number of aromatic nitrogens is 1. The molecule has 1 aliphatic heterocycles. The summed E-state index contributed by atoms with van der Waals surface area (Å²) in [4.78, 5) is 4.37. The molecule has 1 N–H and O–H groups in total. The molecule has 2 aromatic rings. The SMILES string of the molecule is COc1ccc(C)cc1C1(CNc2ccccn2)CCOCC1. The van der Waals surface area contributed by atoms with Crippen LogP contribution in [0.5, 0.6) is 5.75 Å². The number of ether oxygens (including phenoxy) is 2. The number of benzene rings is 1. The van der Waals surface area contributed by atoms with Crippen LogP contribution in [0.2, 0.25) is 0 Å². The fraction of sp³-hybridized carbons (Fsp3) is 0.421. The molecule has 0 amide bonds. The van der Waals surface area contributed by atoms with Crippen molar-refractivity contribution in [3.05, 3.63) is 53.7 Å². The highest BCUT2D eigenvalue weighted by Gasteiger charge is 2.36. The average Bonchev–Trinajstić information content (AvgIpc) is 2.62. The zero-order valence-electron chi connectivity index (χ0n) is 13.8. The van der Waals surface area contributed by atoms with Crippen LogP contribution in [-0.4, -0.2) is 31.9 Å². The van der Waals surface area contributed by atoms with Gasteiger partial charge >= 0.3 is 0 Å². The van der Waals surface area contributed by atoms with Gasteiger partial charge in [0.1, 0.15) is 11.6 Å². The predicted molar refractivity (Wildman–Crippen MR) is 92.2 cm³/mol. The molecule has 122 valence electrons. The van der Waals surface area contributed by atoms with Gasteiger partial charge in [0.15, 0.2) is 0 Å². The summed E-state index contributed by atoms with van der Waals surface area (Å²) in [6, 6.07) is 12.4. The molecule has 1 fully saturated rings. The zero-order valence-corrected chi connectivity index (χ0v) is 13.8. The maximum atomic E-state index is 5.65. The molecule has 0 atom stereocenters. The number of nitrogens with one attached hydrogen (secondary N) is 1. The van der Waals surface area contributed by atoms with Gasteiger partial charge in [-0.05, 0) is 38.0 Å². The number of rotatable bonds is 5. The van der Waals surface area contributed by atoms with E-state index in [2.05, 4.69) is 35.4 Å². The van der Waals surface area contributed by atoms with Crippen LogP contribution in [0.3, 0.4) is 0 Å². The van der Waals surface area contributed by atoms with E-state index in [-0.39, 0.29) is 5.41 Å². The highest BCUT2D eigenvalue weighted by atomic mass is 16.5. The summed E-state index contributed by atoms with van der Waals surface area (Å²) in [7, 11) is 1.74. The van der Waals surface area contributed by atoms with E-state index in [1.165, 1.54) is 11.1 Å². The van der Waals surface area contributed by atoms with E-state index < -0.39 is 0 Å². The topological polar surface area (TPSA) is 43.4 Å². The first-order valence-electron chi connectivity index (χ1n) is 8.11. The Morgan fingerprint density at radius 2 is 2.04 bits per heavy atom. The van der Waals surface area contributed by atoms with Gasteiger partial charge < -0.3 is 14.8 Å². The summed E-state index contributed by atoms with van der Waals surface area (Å²) in [5.74, 6) is 1.87. The first-order chi connectivity index (χ1) is 11.2. The van der Waals surface area contributed by atoms with Crippen molar-refractivity contribution >= 4 is 5.82 Å². The minimum Gasteiger partial charge on any atom is -0.496 e. The van der Waals surface area contributed by atoms with Gasteiger partial charge in [-0.1, -0.05) is 23.8 Å². The molecule has 1 aromatic heterocycles. The van der Waals surface area contributed by atoms with Crippen LogP contribution in [0, 0.1) is 6.92 Å². The van der Waals surface area contributed by atoms with Crippen molar-refractivity contribution in [2.45, 2.75) is 25.2 Å². The van der Waals surface area contributed by atoms with Crippen molar-refractivity contribution in [3.63, 3.8) is 0 Å². The van der Waals surface area contributed by atoms with E-state index >= 15 is 0 Å². The lowest BCUT2D eigenvalue weighted by Gasteiger charge is -2.39. The lowest BCUT2D eigenvalue weighted by atomic mass is 9.73. The Labute approximate surface area is 137 Å². The molecule has 4 heteroatoms. The molecule has 1 aliphatic rings. The van der Waals surface area contributed by atoms with Crippen LogP contribution in [-0.2, 0) is 10.2 Å². The molecule has 0 saturated carbocycles. The Balaban J connectivity index is 1.92. The highest BCUT2D eigenvalue weighted by molar-refractivity contribution is 5.45. The first kappa shape index (κ1) is 15.8. The van der Waals surface area contributed by atoms with Gasteiger partial charge in [-0.25, -0.2) is 4.98 Å². The number of hydrogen-bond donors (Lipinski definition) is 1. The quantitative estimate of drug-likeness (QED) is 0.917. The Morgan fingerprint density at radius 3 is 2.74 bits per heavy atom. The van der Waals surface area contributed by atoms with Crippen molar-refractivity contribution in [1.82, 2.24) is 4.98 Å². The maximum absolute atomic E-state index is 5.65. The molecule has 0 unspecified atom stereocenters. The number of anilines is 1. The number of hydrogen-bond acceptors (Lipinski definition) is 4. The summed E-state index contributed by atoms with van der Waals surface area (Å²) in [5.41, 5.74) is 2.53. The van der Waals surface area contributed by atoms with Gasteiger partial charge in [0.2, 0.25) is 0 Å². The van der Waals surface area contributed by atoms with E-state index in [0.29, 0.717) is 0 Å². The summed E-state index contributed by atoms with van der Waals surface area (Å²) in [5, 5.41) is 3.50. The normalized spacial score (nSPS) is 16.8. The molecule has 0 bridgehead atoms. The fourth-order valence-corrected chi connectivity index (χ4v) is 3.27. The molecular weight excluding hydrogens is 288 g/mol. The second-order valence-corrected chi connectivity index (χ2v) is 6.16. The van der Waals surface area contributed by atoms with Crippen molar-refractivity contribution in [2.75, 3.05) is 32.2 Å². The third-order valence-electron chi connectivity index (χ3n) is 4.65. The van der Waals surface area contributed by atoms with Crippen LogP contribution >= 0.6 is 0 Å². The van der Waals surface area contributed by atoms with E-state index in [1.54, 1.807) is 7.11 Å². The van der Waals surface area contributed by atoms with E-state index in [9.17, 15) is 0 Å². The average molecular weight is 312 g/mol. The standard InChI is InChI=1S/C19H24N2O2/c1-15-6-7-17(22-2)16(13-15)19(8-11-23-12-9-19)14-21-18-5-3-4-10-20-18/h3-7,10,13H,8-9,11-12,14H2,1-2H3,(H,20,21). The van der Waals surface area contributed by atoms with Crippen LogP contribution in [0.15, 0.2) is 42.6 Å². The van der Waals surface area contributed by atoms with Gasteiger partial charge in [0.25, 0.3) is 0 Å². The Morgan fingerprint density at radius 1 is 1.22 bits per heavy atom. The van der Waals surface area contributed by atoms with Crippen molar-refractivity contribution in [1.29, 1.82) is 0 Å². The minimum absolute atomic E-state index is 0.00708. The fourth-order valence-electron chi connectivity index (χ4n) is 3.27. The molecule has 2 heterocycles. The van der Waals surface area contributed by atoms with Gasteiger partial charge in [-0.3, -0.25) is 0 Å². The molecule has 1 aromatic carbocycles. The molecule has 23 heavy (non-hydrogen) atoms.